The Labute approximate surface area is 60.2 Å². The number of hydrogen-bond acceptors (Lipinski definition) is 4. The molecule has 0 aliphatic rings. The zero-order chi connectivity index (χ0) is 6.53. The molecule has 1 aromatic rings. The zero-order valence-corrected chi connectivity index (χ0v) is 6.00. The molecule has 5 heteroatoms. The first-order valence-electron chi connectivity index (χ1n) is 2.15. The molecule has 0 spiro atoms. The lowest BCUT2D eigenvalue weighted by molar-refractivity contribution is 1.09. The van der Waals surface area contributed by atoms with Crippen LogP contribution in [-0.2, 0) is 0 Å². The van der Waals surface area contributed by atoms with Crippen molar-refractivity contribution in [3.63, 3.8) is 0 Å². The van der Waals surface area contributed by atoms with Gasteiger partial charge in [0, 0.05) is 17.0 Å². The number of hydrogen-bond donors (Lipinski definition) is 1. The van der Waals surface area contributed by atoms with Gasteiger partial charge in [0.25, 0.3) is 0 Å². The average molecular weight is 157 g/mol. The standard InChI is InChI=1S/C4H3N3S2/c5-3-8-9-4-1-6-7-2-4/h1-2H,(H,6,7). The van der Waals surface area contributed by atoms with Crippen LogP contribution in [-0.4, -0.2) is 10.2 Å². The number of aromatic amines is 1. The van der Waals surface area contributed by atoms with E-state index < -0.39 is 0 Å². The SMILES string of the molecule is N#CSSc1cn[nH]c1. The highest BCUT2D eigenvalue weighted by Crippen LogP contribution is 2.28. The van der Waals surface area contributed by atoms with Gasteiger partial charge >= 0.3 is 0 Å². The number of aromatic nitrogens is 2. The summed E-state index contributed by atoms with van der Waals surface area (Å²) in [4.78, 5) is 0.974. The van der Waals surface area contributed by atoms with Crippen molar-refractivity contribution in [3.8, 4) is 5.40 Å². The molecule has 0 fully saturated rings. The number of nitriles is 1. The van der Waals surface area contributed by atoms with Gasteiger partial charge in [-0.1, -0.05) is 0 Å². The molecule has 0 aliphatic heterocycles. The van der Waals surface area contributed by atoms with Crippen molar-refractivity contribution in [1.29, 1.82) is 5.26 Å². The van der Waals surface area contributed by atoms with E-state index in [1.165, 1.54) is 10.8 Å². The first-order valence-corrected chi connectivity index (χ1v) is 4.30. The third-order valence-electron chi connectivity index (χ3n) is 0.648. The van der Waals surface area contributed by atoms with E-state index in [1.807, 2.05) is 5.40 Å². The van der Waals surface area contributed by atoms with Gasteiger partial charge in [-0.05, 0) is 10.8 Å². The largest absolute Gasteiger partial charge is 0.285 e. The molecule has 0 radical (unpaired) electrons. The molecule has 0 bridgehead atoms. The Morgan fingerprint density at radius 1 is 1.78 bits per heavy atom. The van der Waals surface area contributed by atoms with Crippen LogP contribution in [0.3, 0.4) is 0 Å². The van der Waals surface area contributed by atoms with Gasteiger partial charge in [0.1, 0.15) is 5.40 Å². The highest BCUT2D eigenvalue weighted by atomic mass is 33.1. The first kappa shape index (κ1) is 6.52. The summed E-state index contributed by atoms with van der Waals surface area (Å²) in [5, 5.41) is 16.4. The number of rotatable bonds is 2. The van der Waals surface area contributed by atoms with Crippen molar-refractivity contribution in [3.05, 3.63) is 12.4 Å². The third kappa shape index (κ3) is 2.00. The van der Waals surface area contributed by atoms with Crippen LogP contribution in [0, 0.1) is 10.7 Å². The maximum atomic E-state index is 8.13. The van der Waals surface area contributed by atoms with Gasteiger partial charge in [-0.3, -0.25) is 5.10 Å². The minimum atomic E-state index is 0.974. The number of nitrogens with one attached hydrogen (secondary N) is 1. The van der Waals surface area contributed by atoms with E-state index in [4.69, 9.17) is 5.26 Å². The third-order valence-corrected chi connectivity index (χ3v) is 2.27. The molecule has 1 N–H and O–H groups in total. The summed E-state index contributed by atoms with van der Waals surface area (Å²) in [5.74, 6) is 0. The lowest BCUT2D eigenvalue weighted by atomic mass is 10.8. The molecule has 1 aromatic heterocycles. The van der Waals surface area contributed by atoms with Gasteiger partial charge in [-0.15, -0.1) is 0 Å². The van der Waals surface area contributed by atoms with Crippen molar-refractivity contribution in [2.24, 2.45) is 0 Å². The summed E-state index contributed by atoms with van der Waals surface area (Å²) >= 11 is 0. The predicted molar refractivity (Wildman–Crippen MR) is 37.6 cm³/mol. The molecule has 46 valence electrons. The fourth-order valence-electron chi connectivity index (χ4n) is 0.351. The molecule has 0 unspecified atom stereocenters. The van der Waals surface area contributed by atoms with Gasteiger partial charge in [0.05, 0.1) is 11.1 Å². The lowest BCUT2D eigenvalue weighted by Gasteiger charge is -1.81. The highest BCUT2D eigenvalue weighted by molar-refractivity contribution is 8.78. The van der Waals surface area contributed by atoms with Crippen LogP contribution in [0.2, 0.25) is 0 Å². The topological polar surface area (TPSA) is 52.5 Å². The monoisotopic (exact) mass is 157 g/mol. The maximum Gasteiger partial charge on any atom is 0.145 e. The van der Waals surface area contributed by atoms with E-state index in [2.05, 4.69) is 10.2 Å². The Morgan fingerprint density at radius 2 is 2.67 bits per heavy atom. The number of nitrogens with zero attached hydrogens (tertiary/aromatic N) is 2. The Bertz CT molecular complexity index is 200. The molecule has 1 heterocycles. The quantitative estimate of drug-likeness (QED) is 0.523. The van der Waals surface area contributed by atoms with Crippen molar-refractivity contribution >= 4 is 21.6 Å². The summed E-state index contributed by atoms with van der Waals surface area (Å²) in [6.07, 6.45) is 3.42. The number of H-pyrrole nitrogens is 1. The molecular formula is C4H3N3S2. The normalized spacial score (nSPS) is 8.78. The second-order valence-electron chi connectivity index (χ2n) is 1.19. The Balaban J connectivity index is 2.41. The van der Waals surface area contributed by atoms with Crippen LogP contribution in [0.4, 0.5) is 0 Å². The second-order valence-corrected chi connectivity index (χ2v) is 3.18. The molecule has 3 nitrogen and oxygen atoms in total. The van der Waals surface area contributed by atoms with Crippen LogP contribution in [0.1, 0.15) is 0 Å². The van der Waals surface area contributed by atoms with Crippen LogP contribution in [0.15, 0.2) is 17.3 Å². The minimum absolute atomic E-state index is 0.974. The van der Waals surface area contributed by atoms with Gasteiger partial charge in [0.2, 0.25) is 0 Å². The summed E-state index contributed by atoms with van der Waals surface area (Å²) in [7, 11) is 2.52. The van der Waals surface area contributed by atoms with Crippen LogP contribution in [0.25, 0.3) is 0 Å². The van der Waals surface area contributed by atoms with Gasteiger partial charge in [0.15, 0.2) is 0 Å². The van der Waals surface area contributed by atoms with Crippen molar-refractivity contribution in [2.45, 2.75) is 4.90 Å². The smallest absolute Gasteiger partial charge is 0.145 e. The van der Waals surface area contributed by atoms with Crippen LogP contribution < -0.4 is 0 Å². The fourth-order valence-corrected chi connectivity index (χ4v) is 1.36. The summed E-state index contributed by atoms with van der Waals surface area (Å²) in [6, 6.07) is 0. The average Bonchev–Trinajstić information content (AvgIpc) is 2.34. The second kappa shape index (κ2) is 3.43. The van der Waals surface area contributed by atoms with Crippen LogP contribution >= 0.6 is 21.6 Å². The summed E-state index contributed by atoms with van der Waals surface area (Å²) in [5.41, 5.74) is 0. The fraction of sp³-hybridized carbons (Fsp3) is 0. The van der Waals surface area contributed by atoms with E-state index in [0.29, 0.717) is 0 Å². The molecule has 1 rings (SSSR count). The molecule has 0 saturated carbocycles. The minimum Gasteiger partial charge on any atom is -0.285 e. The predicted octanol–water partition coefficient (Wildman–Crippen LogP) is 1.63. The molecule has 9 heavy (non-hydrogen) atoms. The number of thiocyanates is 1. The van der Waals surface area contributed by atoms with Gasteiger partial charge in [-0.2, -0.15) is 10.4 Å². The summed E-state index contributed by atoms with van der Waals surface area (Å²) in [6.45, 7) is 0. The van der Waals surface area contributed by atoms with Crippen LogP contribution in [0.5, 0.6) is 0 Å². The summed E-state index contributed by atoms with van der Waals surface area (Å²) < 4.78 is 0. The van der Waals surface area contributed by atoms with Gasteiger partial charge < -0.3 is 0 Å². The lowest BCUT2D eigenvalue weighted by Crippen LogP contribution is -1.53. The molecule has 0 aliphatic carbocycles. The van der Waals surface area contributed by atoms with Crippen molar-refractivity contribution < 1.29 is 0 Å². The Hall–Kier alpha value is -0.600. The Morgan fingerprint density at radius 3 is 3.22 bits per heavy atom. The van der Waals surface area contributed by atoms with E-state index in [0.717, 1.165) is 15.7 Å². The van der Waals surface area contributed by atoms with Crippen molar-refractivity contribution in [2.75, 3.05) is 0 Å². The molecule has 0 atom stereocenters. The van der Waals surface area contributed by atoms with E-state index in [1.54, 1.807) is 12.4 Å². The van der Waals surface area contributed by atoms with Gasteiger partial charge in [-0.25, -0.2) is 0 Å². The molecule has 0 saturated heterocycles. The van der Waals surface area contributed by atoms with E-state index >= 15 is 0 Å². The van der Waals surface area contributed by atoms with E-state index in [-0.39, 0.29) is 0 Å². The maximum absolute atomic E-state index is 8.13. The molecular weight excluding hydrogens is 154 g/mol. The molecule has 0 aromatic carbocycles. The van der Waals surface area contributed by atoms with E-state index in [9.17, 15) is 0 Å². The zero-order valence-electron chi connectivity index (χ0n) is 4.37. The molecule has 0 amide bonds. The Kier molecular flexibility index (Phi) is 2.48. The first-order chi connectivity index (χ1) is 4.43. The van der Waals surface area contributed by atoms with Crippen molar-refractivity contribution in [1.82, 2.24) is 10.2 Å². The highest BCUT2D eigenvalue weighted by Gasteiger charge is 1.91.